The van der Waals surface area contributed by atoms with Crippen LogP contribution in [0.5, 0.6) is 0 Å². The molecule has 0 bridgehead atoms. The first-order valence-corrected chi connectivity index (χ1v) is 14.5. The molecule has 0 aliphatic carbocycles. The molecule has 0 aliphatic heterocycles. The van der Waals surface area contributed by atoms with Crippen molar-refractivity contribution in [3.8, 4) is 0 Å². The second-order valence-corrected chi connectivity index (χ2v) is 11.2. The van der Waals surface area contributed by atoms with Gasteiger partial charge in [0.05, 0.1) is 0 Å². The monoisotopic (exact) mass is 544 g/mol. The largest absolute Gasteiger partial charge is 0.311 e. The summed E-state index contributed by atoms with van der Waals surface area (Å²) in [6.45, 7) is 6.73. The topological polar surface area (TPSA) is 6.48 Å². The van der Waals surface area contributed by atoms with E-state index in [1.807, 2.05) is 0 Å². The van der Waals surface area contributed by atoms with Crippen LogP contribution in [-0.4, -0.2) is 0 Å². The molecule has 0 heterocycles. The molecule has 2 heteroatoms. The van der Waals surface area contributed by atoms with E-state index in [1.54, 1.807) is 0 Å². The van der Waals surface area contributed by atoms with Gasteiger partial charge in [-0.1, -0.05) is 110 Å². The molecule has 0 radical (unpaired) electrons. The van der Waals surface area contributed by atoms with Crippen LogP contribution >= 0.6 is 0 Å². The lowest BCUT2D eigenvalue weighted by Gasteiger charge is -2.30. The first-order valence-electron chi connectivity index (χ1n) is 14.5. The number of anilines is 6. The van der Waals surface area contributed by atoms with Gasteiger partial charge in [0.25, 0.3) is 0 Å². The van der Waals surface area contributed by atoms with E-state index in [-0.39, 0.29) is 5.41 Å². The first kappa shape index (κ1) is 27.1. The third-order valence-electron chi connectivity index (χ3n) is 8.03. The van der Waals surface area contributed by atoms with Crippen molar-refractivity contribution in [2.75, 3.05) is 9.80 Å². The molecule has 2 nitrogen and oxygen atoms in total. The number of hydrogen-bond donors (Lipinski definition) is 0. The quantitative estimate of drug-likeness (QED) is 0.188. The standard InChI is InChI=1S/C40H36N2/c1-31-19-21-32(22-20-31)40(2,3)33-23-25-37(26-24-33)42(36-17-11-6-12-18-36)39-29-27-38(28-30-39)41(34-13-7-4-8-14-34)35-15-9-5-10-16-35/h4-30H,1-3H3. The number of hydrogen-bond acceptors (Lipinski definition) is 2. The molecule has 6 rings (SSSR count). The maximum atomic E-state index is 2.32. The van der Waals surface area contributed by atoms with Crippen LogP contribution in [0.1, 0.15) is 30.5 Å². The maximum absolute atomic E-state index is 2.32. The zero-order valence-corrected chi connectivity index (χ0v) is 24.5. The molecule has 0 aromatic heterocycles. The van der Waals surface area contributed by atoms with Gasteiger partial charge in [0, 0.05) is 39.5 Å². The molecule has 0 aliphatic rings. The Kier molecular flexibility index (Phi) is 7.62. The Labute approximate surface area is 250 Å². The van der Waals surface area contributed by atoms with Crippen LogP contribution in [0.2, 0.25) is 0 Å². The zero-order valence-electron chi connectivity index (χ0n) is 24.5. The van der Waals surface area contributed by atoms with Crippen molar-refractivity contribution < 1.29 is 0 Å². The summed E-state index contributed by atoms with van der Waals surface area (Å²) in [5.74, 6) is 0. The Morgan fingerprint density at radius 3 is 0.929 bits per heavy atom. The summed E-state index contributed by atoms with van der Waals surface area (Å²) in [4.78, 5) is 4.61. The van der Waals surface area contributed by atoms with Gasteiger partial charge in [-0.05, 0) is 90.8 Å². The molecule has 6 aromatic rings. The second-order valence-electron chi connectivity index (χ2n) is 11.2. The highest BCUT2D eigenvalue weighted by atomic mass is 15.2. The van der Waals surface area contributed by atoms with Crippen molar-refractivity contribution in [1.82, 2.24) is 0 Å². The van der Waals surface area contributed by atoms with E-state index in [9.17, 15) is 0 Å². The molecule has 0 saturated carbocycles. The molecule has 0 spiro atoms. The van der Waals surface area contributed by atoms with Crippen LogP contribution in [0, 0.1) is 6.92 Å². The summed E-state index contributed by atoms with van der Waals surface area (Å²) in [6, 6.07) is 58.4. The predicted molar refractivity (Wildman–Crippen MR) is 179 cm³/mol. The summed E-state index contributed by atoms with van der Waals surface area (Å²) in [5, 5.41) is 0. The molecule has 0 atom stereocenters. The van der Waals surface area contributed by atoms with Crippen LogP contribution in [0.4, 0.5) is 34.1 Å². The highest BCUT2D eigenvalue weighted by Crippen LogP contribution is 2.40. The minimum atomic E-state index is -0.0935. The number of aryl methyl sites for hydroxylation is 1. The van der Waals surface area contributed by atoms with Crippen molar-refractivity contribution in [1.29, 1.82) is 0 Å². The van der Waals surface area contributed by atoms with E-state index in [1.165, 1.54) is 16.7 Å². The van der Waals surface area contributed by atoms with Gasteiger partial charge in [-0.2, -0.15) is 0 Å². The van der Waals surface area contributed by atoms with Crippen LogP contribution in [0.3, 0.4) is 0 Å². The minimum Gasteiger partial charge on any atom is -0.311 e. The van der Waals surface area contributed by atoms with Gasteiger partial charge >= 0.3 is 0 Å². The van der Waals surface area contributed by atoms with Crippen LogP contribution in [-0.2, 0) is 5.41 Å². The molecule has 0 saturated heterocycles. The van der Waals surface area contributed by atoms with Crippen molar-refractivity contribution in [2.45, 2.75) is 26.2 Å². The molecule has 42 heavy (non-hydrogen) atoms. The normalized spacial score (nSPS) is 11.2. The van der Waals surface area contributed by atoms with E-state index >= 15 is 0 Å². The predicted octanol–water partition coefficient (Wildman–Crippen LogP) is 11.3. The summed E-state index contributed by atoms with van der Waals surface area (Å²) < 4.78 is 0. The van der Waals surface area contributed by atoms with Gasteiger partial charge in [-0.3, -0.25) is 0 Å². The Hall–Kier alpha value is -5.08. The summed E-state index contributed by atoms with van der Waals surface area (Å²) in [5.41, 5.74) is 10.5. The molecule has 206 valence electrons. The van der Waals surface area contributed by atoms with Crippen LogP contribution in [0.25, 0.3) is 0 Å². The lowest BCUT2D eigenvalue weighted by Crippen LogP contribution is -2.19. The van der Waals surface area contributed by atoms with Crippen molar-refractivity contribution in [2.24, 2.45) is 0 Å². The van der Waals surface area contributed by atoms with Crippen molar-refractivity contribution in [3.05, 3.63) is 180 Å². The van der Waals surface area contributed by atoms with Gasteiger partial charge in [0.2, 0.25) is 0 Å². The number of nitrogens with zero attached hydrogens (tertiary/aromatic N) is 2. The highest BCUT2D eigenvalue weighted by Gasteiger charge is 2.23. The summed E-state index contributed by atoms with van der Waals surface area (Å²) in [6.07, 6.45) is 0. The van der Waals surface area contributed by atoms with Gasteiger partial charge in [-0.25, -0.2) is 0 Å². The molecule has 0 unspecified atom stereocenters. The Balaban J connectivity index is 1.36. The highest BCUT2D eigenvalue weighted by molar-refractivity contribution is 5.81. The molecule has 0 amide bonds. The fourth-order valence-electron chi connectivity index (χ4n) is 5.54. The Morgan fingerprint density at radius 1 is 0.333 bits per heavy atom. The molecule has 0 N–H and O–H groups in total. The Bertz CT molecular complexity index is 1670. The van der Waals surface area contributed by atoms with Crippen LogP contribution < -0.4 is 9.80 Å². The smallest absolute Gasteiger partial charge is 0.0463 e. The molecule has 6 aromatic carbocycles. The second kappa shape index (κ2) is 11.8. The molecular formula is C40H36N2. The average molecular weight is 545 g/mol. The van der Waals surface area contributed by atoms with E-state index in [4.69, 9.17) is 0 Å². The zero-order chi connectivity index (χ0) is 28.9. The fraction of sp³-hybridized carbons (Fsp3) is 0.100. The summed E-state index contributed by atoms with van der Waals surface area (Å²) >= 11 is 0. The van der Waals surface area contributed by atoms with Crippen molar-refractivity contribution in [3.63, 3.8) is 0 Å². The fourth-order valence-corrected chi connectivity index (χ4v) is 5.54. The minimum absolute atomic E-state index is 0.0935. The molecular weight excluding hydrogens is 508 g/mol. The first-order chi connectivity index (χ1) is 20.5. The average Bonchev–Trinajstić information content (AvgIpc) is 3.04. The third kappa shape index (κ3) is 5.57. The number of rotatable bonds is 8. The number of benzene rings is 6. The van der Waals surface area contributed by atoms with Gasteiger partial charge in [-0.15, -0.1) is 0 Å². The van der Waals surface area contributed by atoms with E-state index < -0.39 is 0 Å². The van der Waals surface area contributed by atoms with Crippen LogP contribution in [0.15, 0.2) is 164 Å². The van der Waals surface area contributed by atoms with Gasteiger partial charge < -0.3 is 9.80 Å². The van der Waals surface area contributed by atoms with Gasteiger partial charge in [0.15, 0.2) is 0 Å². The maximum Gasteiger partial charge on any atom is 0.0463 e. The van der Waals surface area contributed by atoms with Gasteiger partial charge in [0.1, 0.15) is 0 Å². The lowest BCUT2D eigenvalue weighted by atomic mass is 9.78. The lowest BCUT2D eigenvalue weighted by molar-refractivity contribution is 0.640. The SMILES string of the molecule is Cc1ccc(C(C)(C)c2ccc(N(c3ccccc3)c3ccc(N(c4ccccc4)c4ccccc4)cc3)cc2)cc1. The van der Waals surface area contributed by atoms with Crippen molar-refractivity contribution >= 4 is 34.1 Å². The molecule has 0 fully saturated rings. The Morgan fingerprint density at radius 2 is 0.595 bits per heavy atom. The van der Waals surface area contributed by atoms with E-state index in [0.717, 1.165) is 34.1 Å². The van der Waals surface area contributed by atoms with E-state index in [0.29, 0.717) is 0 Å². The number of para-hydroxylation sites is 3. The third-order valence-corrected chi connectivity index (χ3v) is 8.03. The summed E-state index contributed by atoms with van der Waals surface area (Å²) in [7, 11) is 0. The van der Waals surface area contributed by atoms with E-state index in [2.05, 4.69) is 194 Å².